The SMILES string of the molecule is N=C(N[C@H]1N=C(c2ccccc2)c2ccccc2NC1=O)OC(=N)/C(=C/NC1CCC1)C(=N)N1CCOCC1. The molecule has 11 nitrogen and oxygen atoms in total. The second-order valence-corrected chi connectivity index (χ2v) is 9.49. The minimum atomic E-state index is -1.17. The van der Waals surface area contributed by atoms with Gasteiger partial charge in [0.15, 0.2) is 0 Å². The molecule has 2 aliphatic heterocycles. The fraction of sp³-hybridized carbons (Fsp3) is 0.321. The molecule has 0 aromatic heterocycles. The number of nitrogens with one attached hydrogen (secondary N) is 6. The van der Waals surface area contributed by atoms with E-state index in [2.05, 4.69) is 20.9 Å². The van der Waals surface area contributed by atoms with Gasteiger partial charge < -0.3 is 30.3 Å². The number of benzodiazepines with no additional fused rings is 1. The Hall–Kier alpha value is -4.51. The summed E-state index contributed by atoms with van der Waals surface area (Å²) >= 11 is 0. The lowest BCUT2D eigenvalue weighted by Gasteiger charge is -2.31. The summed E-state index contributed by atoms with van der Waals surface area (Å²) in [6.45, 7) is 2.06. The van der Waals surface area contributed by atoms with Crippen molar-refractivity contribution in [1.29, 1.82) is 16.2 Å². The third-order valence-electron chi connectivity index (χ3n) is 6.86. The molecule has 1 amide bonds. The maximum Gasteiger partial charge on any atom is 0.290 e. The molecule has 11 heteroatoms. The maximum absolute atomic E-state index is 13.1. The van der Waals surface area contributed by atoms with Crippen molar-refractivity contribution in [2.24, 2.45) is 4.99 Å². The van der Waals surface area contributed by atoms with Gasteiger partial charge in [-0.1, -0.05) is 48.5 Å². The van der Waals surface area contributed by atoms with E-state index in [1.807, 2.05) is 53.4 Å². The normalized spacial score (nSPS) is 19.4. The van der Waals surface area contributed by atoms with Crippen molar-refractivity contribution in [2.75, 3.05) is 31.6 Å². The van der Waals surface area contributed by atoms with Gasteiger partial charge in [0.2, 0.25) is 12.1 Å². The fourth-order valence-electron chi connectivity index (χ4n) is 4.47. The van der Waals surface area contributed by atoms with Crippen LogP contribution in [0.3, 0.4) is 0 Å². The van der Waals surface area contributed by atoms with Crippen LogP contribution < -0.4 is 16.0 Å². The zero-order valence-electron chi connectivity index (χ0n) is 21.5. The summed E-state index contributed by atoms with van der Waals surface area (Å²) < 4.78 is 10.9. The number of carbonyl (C=O) groups is 1. The molecule has 0 spiro atoms. The van der Waals surface area contributed by atoms with E-state index in [9.17, 15) is 4.79 Å². The Morgan fingerprint density at radius 1 is 1.05 bits per heavy atom. The van der Waals surface area contributed by atoms with Crippen LogP contribution >= 0.6 is 0 Å². The first-order valence-electron chi connectivity index (χ1n) is 13.0. The van der Waals surface area contributed by atoms with Crippen molar-refractivity contribution in [3.05, 3.63) is 77.5 Å². The topological polar surface area (TPSA) is 159 Å². The van der Waals surface area contributed by atoms with E-state index in [1.165, 1.54) is 0 Å². The van der Waals surface area contributed by atoms with Gasteiger partial charge in [-0.15, -0.1) is 0 Å². The van der Waals surface area contributed by atoms with Crippen LogP contribution in [0.5, 0.6) is 0 Å². The minimum absolute atomic E-state index is 0.120. The van der Waals surface area contributed by atoms with E-state index < -0.39 is 18.1 Å². The molecule has 0 bridgehead atoms. The number of carbonyl (C=O) groups excluding carboxylic acids is 1. The molecule has 39 heavy (non-hydrogen) atoms. The Kier molecular flexibility index (Phi) is 7.97. The van der Waals surface area contributed by atoms with Crippen molar-refractivity contribution >= 4 is 35.1 Å². The van der Waals surface area contributed by atoms with E-state index in [-0.39, 0.29) is 17.3 Å². The van der Waals surface area contributed by atoms with Crippen LogP contribution in [-0.2, 0) is 14.3 Å². The number of benzene rings is 2. The first kappa shape index (κ1) is 26.1. The number of amides is 1. The van der Waals surface area contributed by atoms with Crippen molar-refractivity contribution in [2.45, 2.75) is 31.5 Å². The molecule has 202 valence electrons. The van der Waals surface area contributed by atoms with Gasteiger partial charge >= 0.3 is 0 Å². The van der Waals surface area contributed by atoms with Crippen LogP contribution in [0.2, 0.25) is 0 Å². The Morgan fingerprint density at radius 2 is 1.77 bits per heavy atom. The molecule has 2 fully saturated rings. The third kappa shape index (κ3) is 6.15. The molecule has 1 saturated heterocycles. The van der Waals surface area contributed by atoms with Gasteiger partial charge in [0, 0.05) is 36.5 Å². The smallest absolute Gasteiger partial charge is 0.290 e. The van der Waals surface area contributed by atoms with E-state index in [0.717, 1.165) is 30.4 Å². The summed E-state index contributed by atoms with van der Waals surface area (Å²) in [5.74, 6) is -0.716. The number of hydrogen-bond acceptors (Lipinski definition) is 8. The highest BCUT2D eigenvalue weighted by Gasteiger charge is 2.28. The summed E-state index contributed by atoms with van der Waals surface area (Å²) in [7, 11) is 0. The summed E-state index contributed by atoms with van der Waals surface area (Å²) in [5.41, 5.74) is 3.00. The maximum atomic E-state index is 13.1. The van der Waals surface area contributed by atoms with Crippen molar-refractivity contribution in [1.82, 2.24) is 15.5 Å². The fourth-order valence-corrected chi connectivity index (χ4v) is 4.47. The second kappa shape index (κ2) is 11.9. The number of amidine groups is 2. The lowest BCUT2D eigenvalue weighted by atomic mass is 9.93. The lowest BCUT2D eigenvalue weighted by Crippen LogP contribution is -2.45. The third-order valence-corrected chi connectivity index (χ3v) is 6.86. The van der Waals surface area contributed by atoms with Crippen molar-refractivity contribution in [3.8, 4) is 0 Å². The molecule has 5 rings (SSSR count). The Bertz CT molecular complexity index is 1310. The van der Waals surface area contributed by atoms with E-state index in [1.54, 1.807) is 12.3 Å². The van der Waals surface area contributed by atoms with Gasteiger partial charge in [0.05, 0.1) is 30.2 Å². The summed E-state index contributed by atoms with van der Waals surface area (Å²) in [6, 6.07) is 16.7. The van der Waals surface area contributed by atoms with E-state index in [0.29, 0.717) is 43.7 Å². The van der Waals surface area contributed by atoms with Crippen LogP contribution in [0.25, 0.3) is 0 Å². The Morgan fingerprint density at radius 3 is 2.49 bits per heavy atom. The van der Waals surface area contributed by atoms with Gasteiger partial charge in [-0.25, -0.2) is 4.99 Å². The largest absolute Gasteiger partial charge is 0.407 e. The van der Waals surface area contributed by atoms with Crippen LogP contribution in [0.15, 0.2) is 71.4 Å². The molecule has 0 unspecified atom stereocenters. The van der Waals surface area contributed by atoms with Crippen LogP contribution in [-0.4, -0.2) is 72.8 Å². The van der Waals surface area contributed by atoms with Crippen molar-refractivity contribution in [3.63, 3.8) is 0 Å². The highest BCUT2D eigenvalue weighted by Crippen LogP contribution is 2.24. The van der Waals surface area contributed by atoms with Gasteiger partial charge in [-0.3, -0.25) is 21.0 Å². The number of ether oxygens (including phenoxy) is 2. The molecule has 1 aliphatic carbocycles. The van der Waals surface area contributed by atoms with Gasteiger partial charge in [0.25, 0.3) is 11.9 Å². The van der Waals surface area contributed by atoms with E-state index >= 15 is 0 Å². The number of aliphatic imine (C=N–C) groups is 1. The monoisotopic (exact) mass is 528 g/mol. The number of nitrogens with zero attached hydrogens (tertiary/aromatic N) is 2. The Labute approximate surface area is 226 Å². The second-order valence-electron chi connectivity index (χ2n) is 9.49. The zero-order chi connectivity index (χ0) is 27.2. The van der Waals surface area contributed by atoms with E-state index in [4.69, 9.17) is 25.7 Å². The molecule has 2 heterocycles. The Balaban J connectivity index is 1.33. The number of para-hydroxylation sites is 1. The average molecular weight is 529 g/mol. The molecule has 0 radical (unpaired) electrons. The lowest BCUT2D eigenvalue weighted by molar-refractivity contribution is -0.117. The highest BCUT2D eigenvalue weighted by molar-refractivity contribution is 6.21. The molecular weight excluding hydrogens is 496 g/mol. The predicted octanol–water partition coefficient (Wildman–Crippen LogP) is 2.66. The highest BCUT2D eigenvalue weighted by atomic mass is 16.5. The number of anilines is 1. The number of rotatable bonds is 6. The van der Waals surface area contributed by atoms with Crippen molar-refractivity contribution < 1.29 is 14.3 Å². The predicted molar refractivity (Wildman–Crippen MR) is 150 cm³/mol. The first-order chi connectivity index (χ1) is 19.0. The summed E-state index contributed by atoms with van der Waals surface area (Å²) in [5, 5.41) is 34.5. The van der Waals surface area contributed by atoms with Gasteiger partial charge in [-0.2, -0.15) is 0 Å². The molecule has 6 N–H and O–H groups in total. The van der Waals surface area contributed by atoms with Crippen LogP contribution in [0.4, 0.5) is 5.69 Å². The molecule has 1 atom stereocenters. The number of morpholine rings is 1. The summed E-state index contributed by atoms with van der Waals surface area (Å²) in [6.07, 6.45) is 3.65. The van der Waals surface area contributed by atoms with Gasteiger partial charge in [-0.05, 0) is 25.3 Å². The minimum Gasteiger partial charge on any atom is -0.407 e. The first-order valence-corrected chi connectivity index (χ1v) is 13.0. The number of hydrogen-bond donors (Lipinski definition) is 6. The summed E-state index contributed by atoms with van der Waals surface area (Å²) in [4.78, 5) is 19.6. The quantitative estimate of drug-likeness (QED) is 0.250. The molecular formula is C28H32N8O3. The van der Waals surface area contributed by atoms with Crippen LogP contribution in [0, 0.1) is 16.2 Å². The van der Waals surface area contributed by atoms with Crippen LogP contribution in [0.1, 0.15) is 30.4 Å². The molecule has 2 aromatic rings. The molecule has 2 aromatic carbocycles. The van der Waals surface area contributed by atoms with Gasteiger partial charge in [0.1, 0.15) is 5.84 Å². The standard InChI is InChI=1S/C28H32N8O3/c29-24(36-13-15-38-16-14-36)21(17-32-19-9-6-10-19)25(30)39-28(31)35-26-27(37)33-22-12-5-4-11-20(22)23(34-26)18-7-2-1-3-8-18/h1-5,7-8,11-12,17,19,26,29-30,32H,6,9-10,13-16H2,(H2,31,35)(H,33,37)/b21-17+,29-24?,30-25?/t26-/m1/s1. The molecule has 3 aliphatic rings. The molecule has 1 saturated carbocycles. The zero-order valence-corrected chi connectivity index (χ0v) is 21.5. The average Bonchev–Trinajstić information content (AvgIpc) is 3.06. The number of fused-ring (bicyclic) bond motifs is 1.